The van der Waals surface area contributed by atoms with Gasteiger partial charge in [-0.3, -0.25) is 4.79 Å². The van der Waals surface area contributed by atoms with E-state index < -0.39 is 108 Å². The van der Waals surface area contributed by atoms with E-state index in [0.29, 0.717) is 12.5 Å². The van der Waals surface area contributed by atoms with Crippen LogP contribution >= 0.6 is 0 Å². The number of aliphatic hydroxyl groups is 6. The van der Waals surface area contributed by atoms with Crippen molar-refractivity contribution in [3.05, 3.63) is 0 Å². The van der Waals surface area contributed by atoms with Crippen LogP contribution in [0.1, 0.15) is 114 Å². The molecule has 53 heavy (non-hydrogen) atoms. The van der Waals surface area contributed by atoms with Gasteiger partial charge in [-0.1, -0.05) is 34.1 Å². The molecule has 0 aromatic heterocycles. The third-order valence-electron chi connectivity index (χ3n) is 13.0. The molecule has 0 aromatic carbocycles. The molecule has 0 amide bonds. The van der Waals surface area contributed by atoms with Crippen LogP contribution in [-0.4, -0.2) is 140 Å². The summed E-state index contributed by atoms with van der Waals surface area (Å²) >= 11 is 0. The van der Waals surface area contributed by atoms with Crippen LogP contribution in [0.25, 0.3) is 0 Å². The third-order valence-corrected chi connectivity index (χ3v) is 13.0. The number of esters is 1. The summed E-state index contributed by atoms with van der Waals surface area (Å²) in [4.78, 5) is 14.1. The number of hydrogen-bond acceptors (Lipinski definition) is 14. The van der Waals surface area contributed by atoms with Gasteiger partial charge in [0, 0.05) is 37.5 Å². The van der Waals surface area contributed by atoms with Crippen LogP contribution in [0.3, 0.4) is 0 Å². The highest BCUT2D eigenvalue weighted by Gasteiger charge is 2.53. The van der Waals surface area contributed by atoms with E-state index >= 15 is 0 Å². The Morgan fingerprint density at radius 3 is 2.08 bits per heavy atom. The van der Waals surface area contributed by atoms with Crippen molar-refractivity contribution in [3.8, 4) is 0 Å². The zero-order chi connectivity index (χ0) is 39.8. The zero-order valence-electron chi connectivity index (χ0n) is 33.8. The molecule has 7 N–H and O–H groups in total. The van der Waals surface area contributed by atoms with Crippen LogP contribution in [0.2, 0.25) is 0 Å². The van der Waals surface area contributed by atoms with Gasteiger partial charge < -0.3 is 64.4 Å². The first-order chi connectivity index (χ1) is 24.6. The fourth-order valence-corrected chi connectivity index (χ4v) is 9.14. The lowest BCUT2D eigenvalue weighted by Crippen LogP contribution is -2.62. The standard InChI is InChI=1S/C39H71NO13/c1-12-27-39(10,47)32(43)21(4)29(41)19(2)17-37(8,46)34(53-36-30(42)26(16-20(3)49-36)40-25-14-13-15-25)22(5)31(23(6)35(45)51-27)52-28-18-38(9,48-11)33(44)24(7)50-28/h19-34,36,40-44,46-47H,12-18H2,1-11H3/t19-,20-,21+,22+,23-,24+,26+,27-,28-,29+,30-,31+,32-,33+,34-,36+,37-,38-,39-/m1/s1. The van der Waals surface area contributed by atoms with Gasteiger partial charge in [0.25, 0.3) is 0 Å². The van der Waals surface area contributed by atoms with E-state index in [1.807, 2.05) is 6.92 Å². The lowest BCUT2D eigenvalue weighted by Gasteiger charge is -2.49. The van der Waals surface area contributed by atoms with E-state index in [1.54, 1.807) is 55.4 Å². The molecule has 3 aliphatic heterocycles. The van der Waals surface area contributed by atoms with Gasteiger partial charge in [-0.15, -0.1) is 0 Å². The van der Waals surface area contributed by atoms with Gasteiger partial charge in [0.1, 0.15) is 23.9 Å². The average molecular weight is 762 g/mol. The number of carbonyl (C=O) groups is 1. The number of aliphatic hydroxyl groups excluding tert-OH is 4. The molecular weight excluding hydrogens is 690 g/mol. The summed E-state index contributed by atoms with van der Waals surface area (Å²) in [6, 6.07) is -0.0193. The molecule has 3 heterocycles. The Hall–Kier alpha value is -1.01. The smallest absolute Gasteiger partial charge is 0.311 e. The van der Waals surface area contributed by atoms with E-state index in [9.17, 15) is 35.4 Å². The van der Waals surface area contributed by atoms with Crippen molar-refractivity contribution in [2.75, 3.05) is 7.11 Å². The molecule has 0 aromatic rings. The van der Waals surface area contributed by atoms with Crippen LogP contribution in [0.4, 0.5) is 0 Å². The van der Waals surface area contributed by atoms with Crippen LogP contribution < -0.4 is 5.32 Å². The van der Waals surface area contributed by atoms with Crippen LogP contribution in [-0.2, 0) is 33.2 Å². The molecule has 1 saturated carbocycles. The van der Waals surface area contributed by atoms with Gasteiger partial charge in [-0.05, 0) is 79.6 Å². The first-order valence-corrected chi connectivity index (χ1v) is 19.9. The number of methoxy groups -OCH3 is 1. The predicted molar refractivity (Wildman–Crippen MR) is 194 cm³/mol. The van der Waals surface area contributed by atoms with Crippen molar-refractivity contribution in [1.82, 2.24) is 5.32 Å². The van der Waals surface area contributed by atoms with Gasteiger partial charge >= 0.3 is 5.97 Å². The summed E-state index contributed by atoms with van der Waals surface area (Å²) in [7, 11) is 1.49. The maximum absolute atomic E-state index is 14.1. The molecule has 3 saturated heterocycles. The molecule has 0 spiro atoms. The SMILES string of the molecule is CC[C@H]1OC(=O)[C@H](C)[C@@H](O[C@@H]2C[C@@](C)(OC)[C@@H](O)[C@H](C)O2)[C@H](C)[C@@H](O[C@@H]2O[C@H](C)C[C@H](NC3CCC3)[C@H]2O)[C@](C)(O)C[C@@H](C)[C@H](O)[C@H](C)[C@@H](O)[C@]1(C)O. The molecule has 0 bridgehead atoms. The number of ether oxygens (including phenoxy) is 6. The highest BCUT2D eigenvalue weighted by Crippen LogP contribution is 2.41. The number of carbonyl (C=O) groups excluding carboxylic acids is 1. The minimum atomic E-state index is -1.93. The normalized spacial score (nSPS) is 51.2. The van der Waals surface area contributed by atoms with Crippen LogP contribution in [0, 0.1) is 23.7 Å². The Labute approximate surface area is 316 Å². The van der Waals surface area contributed by atoms with Crippen molar-refractivity contribution in [1.29, 1.82) is 0 Å². The summed E-state index contributed by atoms with van der Waals surface area (Å²) in [6.45, 7) is 16.8. The zero-order valence-corrected chi connectivity index (χ0v) is 33.8. The average Bonchev–Trinajstić information content (AvgIpc) is 3.07. The van der Waals surface area contributed by atoms with E-state index in [1.165, 1.54) is 14.0 Å². The van der Waals surface area contributed by atoms with E-state index in [4.69, 9.17) is 28.4 Å². The van der Waals surface area contributed by atoms with E-state index in [0.717, 1.165) is 19.3 Å². The second kappa shape index (κ2) is 17.6. The minimum Gasteiger partial charge on any atom is -0.459 e. The molecule has 4 fully saturated rings. The quantitative estimate of drug-likeness (QED) is 0.177. The molecule has 0 radical (unpaired) electrons. The second-order valence-corrected chi connectivity index (χ2v) is 17.6. The third kappa shape index (κ3) is 9.76. The highest BCUT2D eigenvalue weighted by molar-refractivity contribution is 5.73. The lowest BCUT2D eigenvalue weighted by molar-refractivity contribution is -0.316. The van der Waals surface area contributed by atoms with Gasteiger partial charge in [0.05, 0.1) is 53.7 Å². The van der Waals surface area contributed by atoms with Crippen molar-refractivity contribution in [3.63, 3.8) is 0 Å². The molecule has 19 atom stereocenters. The van der Waals surface area contributed by atoms with Gasteiger partial charge in [0.15, 0.2) is 12.6 Å². The van der Waals surface area contributed by atoms with Crippen LogP contribution in [0.15, 0.2) is 0 Å². The molecule has 310 valence electrons. The monoisotopic (exact) mass is 761 g/mol. The fourth-order valence-electron chi connectivity index (χ4n) is 9.14. The number of rotatable bonds is 8. The Bertz CT molecular complexity index is 1190. The Kier molecular flexibility index (Phi) is 14.9. The molecule has 4 rings (SSSR count). The molecule has 1 aliphatic carbocycles. The van der Waals surface area contributed by atoms with Gasteiger partial charge in [0.2, 0.25) is 0 Å². The van der Waals surface area contributed by atoms with Gasteiger partial charge in [-0.2, -0.15) is 0 Å². The Morgan fingerprint density at radius 1 is 0.868 bits per heavy atom. The first kappa shape index (κ1) is 44.7. The van der Waals surface area contributed by atoms with Gasteiger partial charge in [-0.25, -0.2) is 0 Å². The second-order valence-electron chi connectivity index (χ2n) is 17.6. The largest absolute Gasteiger partial charge is 0.459 e. The van der Waals surface area contributed by atoms with Crippen molar-refractivity contribution in [2.45, 2.75) is 211 Å². The summed E-state index contributed by atoms with van der Waals surface area (Å²) in [6.07, 6.45) is -7.21. The number of nitrogens with one attached hydrogen (secondary N) is 1. The van der Waals surface area contributed by atoms with E-state index in [-0.39, 0.29) is 31.4 Å². The summed E-state index contributed by atoms with van der Waals surface area (Å²) < 4.78 is 37.4. The first-order valence-electron chi connectivity index (χ1n) is 19.9. The maximum atomic E-state index is 14.1. The summed E-state index contributed by atoms with van der Waals surface area (Å²) in [5.74, 6) is -4.09. The molecule has 4 aliphatic rings. The lowest BCUT2D eigenvalue weighted by atomic mass is 9.73. The van der Waals surface area contributed by atoms with E-state index in [2.05, 4.69) is 5.32 Å². The topological polar surface area (TPSA) is 206 Å². The van der Waals surface area contributed by atoms with Crippen LogP contribution in [0.5, 0.6) is 0 Å². The summed E-state index contributed by atoms with van der Waals surface area (Å²) in [5, 5.41) is 73.2. The Morgan fingerprint density at radius 2 is 1.51 bits per heavy atom. The number of cyclic esters (lactones) is 1. The molecule has 14 heteroatoms. The van der Waals surface area contributed by atoms with Crippen molar-refractivity contribution >= 4 is 5.97 Å². The summed E-state index contributed by atoms with van der Waals surface area (Å²) in [5.41, 5.74) is -4.70. The number of hydrogen-bond donors (Lipinski definition) is 7. The Balaban J connectivity index is 1.79. The van der Waals surface area contributed by atoms with Crippen molar-refractivity contribution < 1.29 is 63.9 Å². The van der Waals surface area contributed by atoms with Crippen molar-refractivity contribution in [2.24, 2.45) is 23.7 Å². The molecule has 0 unspecified atom stereocenters. The molecular formula is C39H71NO13. The minimum absolute atomic E-state index is 0.0296. The fraction of sp³-hybridized carbons (Fsp3) is 0.974. The predicted octanol–water partition coefficient (Wildman–Crippen LogP) is 2.16. The maximum Gasteiger partial charge on any atom is 0.311 e. The molecule has 14 nitrogen and oxygen atoms in total. The highest BCUT2D eigenvalue weighted by atomic mass is 16.7.